The molecule has 3 heterocycles. The first-order valence-electron chi connectivity index (χ1n) is 9.31. The van der Waals surface area contributed by atoms with Crippen LogP contribution in [0.1, 0.15) is 46.9 Å². The van der Waals surface area contributed by atoms with Gasteiger partial charge in [0.05, 0.1) is 24.3 Å². The number of aryl methyl sites for hydroxylation is 1. The molecule has 3 aromatic rings. The third-order valence-corrected chi connectivity index (χ3v) is 5.63. The molecular weight excluding hydrogens is 360 g/mol. The van der Waals surface area contributed by atoms with Crippen LogP contribution in [0, 0.1) is 0 Å². The number of hydrogen-bond donors (Lipinski definition) is 0. The Morgan fingerprint density at radius 3 is 2.85 bits per heavy atom. The van der Waals surface area contributed by atoms with Gasteiger partial charge in [0.2, 0.25) is 0 Å². The number of carbonyl (C=O) groups is 1. The van der Waals surface area contributed by atoms with E-state index in [1.54, 1.807) is 10.9 Å². The van der Waals surface area contributed by atoms with Gasteiger partial charge < -0.3 is 9.47 Å². The van der Waals surface area contributed by atoms with Gasteiger partial charge in [-0.3, -0.25) is 9.48 Å². The van der Waals surface area contributed by atoms with E-state index >= 15 is 0 Å². The number of benzene rings is 1. The Balaban J connectivity index is 1.54. The van der Waals surface area contributed by atoms with Gasteiger partial charge in [-0.2, -0.15) is 5.10 Å². The van der Waals surface area contributed by atoms with Gasteiger partial charge in [0.15, 0.2) is 0 Å². The highest BCUT2D eigenvalue weighted by molar-refractivity contribution is 6.31. The normalized spacial score (nSPS) is 17.3. The minimum absolute atomic E-state index is 0.0475. The van der Waals surface area contributed by atoms with Gasteiger partial charge in [-0.05, 0) is 43.0 Å². The van der Waals surface area contributed by atoms with Crippen LogP contribution in [-0.2, 0) is 13.6 Å². The molecule has 4 rings (SSSR count). The van der Waals surface area contributed by atoms with E-state index in [2.05, 4.69) is 15.7 Å². The summed E-state index contributed by atoms with van der Waals surface area (Å²) in [6.07, 6.45) is 8.70. The Labute approximate surface area is 164 Å². The summed E-state index contributed by atoms with van der Waals surface area (Å²) in [5.74, 6) is 0.0475. The van der Waals surface area contributed by atoms with E-state index in [9.17, 15) is 4.79 Å². The number of amides is 1. The van der Waals surface area contributed by atoms with E-state index in [0.29, 0.717) is 17.1 Å². The zero-order chi connectivity index (χ0) is 18.8. The summed E-state index contributed by atoms with van der Waals surface area (Å²) < 4.78 is 3.88. The molecule has 0 radical (unpaired) electrons. The van der Waals surface area contributed by atoms with E-state index in [4.69, 9.17) is 11.6 Å². The number of hydrogen-bond acceptors (Lipinski definition) is 2. The molecule has 27 heavy (non-hydrogen) atoms. The van der Waals surface area contributed by atoms with Crippen LogP contribution in [0.5, 0.6) is 0 Å². The first kappa shape index (κ1) is 17.9. The summed E-state index contributed by atoms with van der Waals surface area (Å²) in [6, 6.07) is 12.0. The summed E-state index contributed by atoms with van der Waals surface area (Å²) in [4.78, 5) is 15.2. The molecule has 1 aromatic carbocycles. The van der Waals surface area contributed by atoms with Crippen LogP contribution in [0.15, 0.2) is 55.0 Å². The maximum absolute atomic E-state index is 13.2. The van der Waals surface area contributed by atoms with Crippen LogP contribution in [0.2, 0.25) is 5.02 Å². The fourth-order valence-electron chi connectivity index (χ4n) is 3.83. The van der Waals surface area contributed by atoms with Gasteiger partial charge in [-0.15, -0.1) is 0 Å². The molecule has 2 aromatic heterocycles. The van der Waals surface area contributed by atoms with Crippen molar-refractivity contribution in [3.63, 3.8) is 0 Å². The maximum Gasteiger partial charge on any atom is 0.257 e. The van der Waals surface area contributed by atoms with Gasteiger partial charge in [-0.25, -0.2) is 0 Å². The van der Waals surface area contributed by atoms with Gasteiger partial charge in [-0.1, -0.05) is 29.8 Å². The molecule has 0 unspecified atom stereocenters. The van der Waals surface area contributed by atoms with Crippen molar-refractivity contribution < 1.29 is 4.79 Å². The number of aromatic nitrogens is 3. The highest BCUT2D eigenvalue weighted by Gasteiger charge is 2.30. The second kappa shape index (κ2) is 7.61. The number of nitrogens with zero attached hydrogens (tertiary/aromatic N) is 4. The SMILES string of the molecule is Cn1cccc1[C@@H]1CCCCN1C(=O)c1cnn(Cc2ccccc2Cl)c1. The molecule has 6 heteroatoms. The van der Waals surface area contributed by atoms with Crippen LogP contribution in [0.25, 0.3) is 0 Å². The Kier molecular flexibility index (Phi) is 5.03. The summed E-state index contributed by atoms with van der Waals surface area (Å²) >= 11 is 6.24. The first-order valence-corrected chi connectivity index (χ1v) is 9.69. The Bertz CT molecular complexity index is 945. The van der Waals surface area contributed by atoms with Crippen LogP contribution in [0.4, 0.5) is 0 Å². The molecule has 0 saturated carbocycles. The van der Waals surface area contributed by atoms with E-state index < -0.39 is 0 Å². The molecule has 0 aliphatic carbocycles. The zero-order valence-electron chi connectivity index (χ0n) is 15.4. The van der Waals surface area contributed by atoms with Crippen molar-refractivity contribution in [2.45, 2.75) is 31.8 Å². The molecule has 1 amide bonds. The fraction of sp³-hybridized carbons (Fsp3) is 0.333. The second-order valence-electron chi connectivity index (χ2n) is 7.07. The quantitative estimate of drug-likeness (QED) is 0.675. The Morgan fingerprint density at radius 1 is 1.22 bits per heavy atom. The molecule has 1 atom stereocenters. The number of rotatable bonds is 4. The smallest absolute Gasteiger partial charge is 0.257 e. The van der Waals surface area contributed by atoms with E-state index in [1.165, 1.54) is 5.69 Å². The molecule has 1 aliphatic heterocycles. The predicted octanol–water partition coefficient (Wildman–Crippen LogP) is 4.29. The van der Waals surface area contributed by atoms with Crippen LogP contribution in [-0.4, -0.2) is 31.7 Å². The topological polar surface area (TPSA) is 43.1 Å². The molecule has 1 fully saturated rings. The monoisotopic (exact) mass is 382 g/mol. The van der Waals surface area contributed by atoms with E-state index in [0.717, 1.165) is 31.4 Å². The second-order valence-corrected chi connectivity index (χ2v) is 7.48. The van der Waals surface area contributed by atoms with Crippen LogP contribution >= 0.6 is 11.6 Å². The van der Waals surface area contributed by atoms with Crippen molar-refractivity contribution in [1.82, 2.24) is 19.2 Å². The van der Waals surface area contributed by atoms with Crippen molar-refractivity contribution in [2.24, 2.45) is 7.05 Å². The van der Waals surface area contributed by atoms with Gasteiger partial charge >= 0.3 is 0 Å². The predicted molar refractivity (Wildman–Crippen MR) is 106 cm³/mol. The standard InChI is InChI=1S/C21H23ClN4O/c1-24-11-6-10-19(24)20-9-4-5-12-26(20)21(27)17-13-23-25(15-17)14-16-7-2-3-8-18(16)22/h2-3,6-8,10-11,13,15,20H,4-5,9,12,14H2,1H3/t20-/m0/s1. The molecule has 0 bridgehead atoms. The van der Waals surface area contributed by atoms with Crippen molar-refractivity contribution in [2.75, 3.05) is 6.54 Å². The number of likely N-dealkylation sites (tertiary alicyclic amines) is 1. The molecule has 5 nitrogen and oxygen atoms in total. The number of halogens is 1. The minimum atomic E-state index is 0.0475. The average molecular weight is 383 g/mol. The Hall–Kier alpha value is -2.53. The van der Waals surface area contributed by atoms with Gasteiger partial charge in [0.1, 0.15) is 0 Å². The highest BCUT2D eigenvalue weighted by atomic mass is 35.5. The van der Waals surface area contributed by atoms with Crippen molar-refractivity contribution >= 4 is 17.5 Å². The van der Waals surface area contributed by atoms with E-state index in [1.807, 2.05) is 54.7 Å². The van der Waals surface area contributed by atoms with Crippen molar-refractivity contribution in [3.8, 4) is 0 Å². The molecule has 140 valence electrons. The van der Waals surface area contributed by atoms with Gasteiger partial charge in [0, 0.05) is 36.7 Å². The van der Waals surface area contributed by atoms with Gasteiger partial charge in [0.25, 0.3) is 5.91 Å². The number of carbonyl (C=O) groups excluding carboxylic acids is 1. The third kappa shape index (κ3) is 3.65. The molecular formula is C21H23ClN4O. The maximum atomic E-state index is 13.2. The minimum Gasteiger partial charge on any atom is -0.353 e. The largest absolute Gasteiger partial charge is 0.353 e. The molecule has 1 saturated heterocycles. The summed E-state index contributed by atoms with van der Waals surface area (Å²) in [7, 11) is 2.04. The lowest BCUT2D eigenvalue weighted by Crippen LogP contribution is -2.39. The summed E-state index contributed by atoms with van der Waals surface area (Å²) in [6.45, 7) is 1.33. The lowest BCUT2D eigenvalue weighted by Gasteiger charge is -2.36. The lowest BCUT2D eigenvalue weighted by molar-refractivity contribution is 0.0602. The fourth-order valence-corrected chi connectivity index (χ4v) is 4.03. The third-order valence-electron chi connectivity index (χ3n) is 5.26. The summed E-state index contributed by atoms with van der Waals surface area (Å²) in [5, 5.41) is 5.09. The number of piperidine rings is 1. The molecule has 0 spiro atoms. The molecule has 0 N–H and O–H groups in total. The summed E-state index contributed by atoms with van der Waals surface area (Å²) in [5.41, 5.74) is 2.80. The zero-order valence-corrected chi connectivity index (χ0v) is 16.1. The van der Waals surface area contributed by atoms with Crippen LogP contribution in [0.3, 0.4) is 0 Å². The molecule has 1 aliphatic rings. The average Bonchev–Trinajstić information content (AvgIpc) is 3.32. The lowest BCUT2D eigenvalue weighted by atomic mass is 9.98. The highest BCUT2D eigenvalue weighted by Crippen LogP contribution is 2.32. The Morgan fingerprint density at radius 2 is 2.07 bits per heavy atom. The first-order chi connectivity index (χ1) is 13.1. The van der Waals surface area contributed by atoms with Crippen molar-refractivity contribution in [3.05, 3.63) is 76.8 Å². The van der Waals surface area contributed by atoms with Crippen LogP contribution < -0.4 is 0 Å². The van der Waals surface area contributed by atoms with Crippen molar-refractivity contribution in [1.29, 1.82) is 0 Å². The van der Waals surface area contributed by atoms with E-state index in [-0.39, 0.29) is 11.9 Å².